The van der Waals surface area contributed by atoms with Crippen LogP contribution in [0.4, 0.5) is 0 Å². The summed E-state index contributed by atoms with van der Waals surface area (Å²) in [5, 5.41) is 50.4. The van der Waals surface area contributed by atoms with E-state index in [9.17, 15) is 58.5 Å². The predicted molar refractivity (Wildman–Crippen MR) is 287 cm³/mol. The van der Waals surface area contributed by atoms with Gasteiger partial charge in [0.2, 0.25) is 47.3 Å². The van der Waals surface area contributed by atoms with Crippen LogP contribution in [0.3, 0.4) is 0 Å². The monoisotopic (exact) mass is 1100 g/mol. The van der Waals surface area contributed by atoms with Gasteiger partial charge in [-0.15, -0.1) is 0 Å². The van der Waals surface area contributed by atoms with Crippen LogP contribution in [0, 0.1) is 5.92 Å². The maximum atomic E-state index is 14.3. The first kappa shape index (κ1) is 64.2. The lowest BCUT2D eigenvalue weighted by atomic mass is 10.0. The molecule has 0 fully saturated rings. The van der Waals surface area contributed by atoms with Crippen molar-refractivity contribution in [2.24, 2.45) is 23.1 Å². The number of imidazole rings is 1. The number of phenols is 1. The van der Waals surface area contributed by atoms with Crippen molar-refractivity contribution in [2.75, 3.05) is 38.2 Å². The Morgan fingerprint density at radius 1 is 0.610 bits per heavy atom. The molecule has 3 aromatic rings. The molecule has 424 valence electrons. The minimum Gasteiger partial charge on any atom is -0.508 e. The number of rotatable bonds is 36. The van der Waals surface area contributed by atoms with Crippen LogP contribution in [0.25, 0.3) is 0 Å². The summed E-state index contributed by atoms with van der Waals surface area (Å²) >= 11 is 1.35. The van der Waals surface area contributed by atoms with Crippen LogP contribution in [0.2, 0.25) is 0 Å². The zero-order valence-electron chi connectivity index (χ0n) is 43.8. The molecule has 18 N–H and O–H groups in total. The molecule has 77 heavy (non-hydrogen) atoms. The number of thioether (sulfide) groups is 1. The van der Waals surface area contributed by atoms with E-state index in [2.05, 4.69) is 52.5 Å². The number of benzene rings is 2. The van der Waals surface area contributed by atoms with Gasteiger partial charge in [-0.25, -0.2) is 9.78 Å². The number of aliphatic carboxylic acids is 1. The maximum Gasteiger partial charge on any atom is 0.326 e. The molecule has 1 heterocycles. The average Bonchev–Trinajstić information content (AvgIpc) is 3.92. The second kappa shape index (κ2) is 34.5. The predicted octanol–water partition coefficient (Wildman–Crippen LogP) is -2.28. The number of hydrogen-bond acceptors (Lipinski definition) is 16. The summed E-state index contributed by atoms with van der Waals surface area (Å²) in [6.07, 6.45) is 6.41. The third-order valence-electron chi connectivity index (χ3n) is 12.1. The van der Waals surface area contributed by atoms with Gasteiger partial charge < -0.3 is 80.0 Å². The van der Waals surface area contributed by atoms with Crippen LogP contribution in [0.5, 0.6) is 5.75 Å². The van der Waals surface area contributed by atoms with Crippen LogP contribution < -0.4 is 59.7 Å². The van der Waals surface area contributed by atoms with Crippen molar-refractivity contribution < 1.29 is 58.5 Å². The van der Waals surface area contributed by atoms with Crippen molar-refractivity contribution in [3.8, 4) is 5.75 Å². The summed E-state index contributed by atoms with van der Waals surface area (Å²) in [5.41, 5.74) is 19.1. The minimum absolute atomic E-state index is 0.0482. The second-order valence-electron chi connectivity index (χ2n) is 18.7. The Morgan fingerprint density at radius 2 is 1.14 bits per heavy atom. The van der Waals surface area contributed by atoms with Crippen molar-refractivity contribution in [1.29, 1.82) is 0 Å². The summed E-state index contributed by atoms with van der Waals surface area (Å²) in [7, 11) is 0. The fraction of sp³-hybridized carbons (Fsp3) is 0.529. The summed E-state index contributed by atoms with van der Waals surface area (Å²) in [6.45, 7) is 2.35. The first-order chi connectivity index (χ1) is 36.8. The Labute approximate surface area is 451 Å². The molecular weight excluding hydrogens is 1020 g/mol. The number of carboxylic acid groups (broad SMARTS) is 1. The summed E-state index contributed by atoms with van der Waals surface area (Å²) < 4.78 is 0. The van der Waals surface area contributed by atoms with E-state index in [4.69, 9.17) is 17.2 Å². The number of aromatic amines is 1. The number of carboxylic acids is 1. The molecule has 0 aliphatic rings. The number of aromatic nitrogens is 2. The Bertz CT molecular complexity index is 2350. The quantitative estimate of drug-likeness (QED) is 0.0273. The van der Waals surface area contributed by atoms with Crippen molar-refractivity contribution >= 4 is 65.0 Å². The SMILES string of the molecule is CSCC[C@H](NC(=O)[C@H](CO)NC(=O)[C@@H](NC(=O)[C@@H](N)Cc1ccccc1)C(C)C)C(=O)NCC(=O)N[C@@H](Cc1ccc(O)cc1)C(=O)N[C@@H](Cc1cnc[nH]1)C(=O)N[C@@H](CCCCN)C(=O)N[C@@H](CCCCN)C(=O)O. The Hall–Kier alpha value is -7.13. The summed E-state index contributed by atoms with van der Waals surface area (Å²) in [4.78, 5) is 128. The van der Waals surface area contributed by atoms with Crippen molar-refractivity contribution in [2.45, 2.75) is 126 Å². The largest absolute Gasteiger partial charge is 0.508 e. The highest BCUT2D eigenvalue weighted by molar-refractivity contribution is 7.98. The number of nitrogens with two attached hydrogens (primary N) is 3. The third-order valence-corrected chi connectivity index (χ3v) is 12.8. The molecule has 0 aliphatic carbocycles. The van der Waals surface area contributed by atoms with Crippen molar-refractivity contribution in [3.63, 3.8) is 0 Å². The third kappa shape index (κ3) is 23.3. The molecule has 0 saturated heterocycles. The molecule has 8 atom stereocenters. The topological polar surface area (TPSA) is 417 Å². The van der Waals surface area contributed by atoms with E-state index in [-0.39, 0.29) is 50.8 Å². The van der Waals surface area contributed by atoms with Crippen molar-refractivity contribution in [1.82, 2.24) is 52.5 Å². The summed E-state index contributed by atoms with van der Waals surface area (Å²) in [6, 6.07) is 4.45. The van der Waals surface area contributed by atoms with Gasteiger partial charge in [-0.1, -0.05) is 56.3 Å². The van der Waals surface area contributed by atoms with E-state index >= 15 is 0 Å². The standard InChI is InChI=1S/C51H77N13O12S/c1-30(2)43(64-44(68)35(54)23-31-11-5-4-6-12-31)50(74)63-41(28-65)49(73)60-37(19-22-77-3)45(69)56-27-42(67)58-39(24-32-15-17-34(66)18-16-32)47(71)62-40(25-33-26-55-29-57-33)48(72)59-36(13-7-9-20-52)46(70)61-38(51(75)76)14-8-10-21-53/h4-6,11-12,15-18,26,29-30,35-41,43,65-66H,7-10,13-14,19-25,27-28,52-54H2,1-3H3,(H,55,57)(H,56,69)(H,58,67)(H,59,72)(H,60,73)(H,61,70)(H,62,71)(H,63,74)(H,64,68)(H,75,76)/t35-,36-,37-,38-,39-,40-,41-,43-/m0/s1. The van der Waals surface area contributed by atoms with Gasteiger partial charge in [-0.3, -0.25) is 38.4 Å². The lowest BCUT2D eigenvalue weighted by Crippen LogP contribution is -2.60. The van der Waals surface area contributed by atoms with Gasteiger partial charge in [0.15, 0.2) is 0 Å². The lowest BCUT2D eigenvalue weighted by molar-refractivity contribution is -0.142. The number of nitrogens with one attached hydrogen (secondary N) is 9. The van der Waals surface area contributed by atoms with Gasteiger partial charge in [0.05, 0.1) is 25.5 Å². The van der Waals surface area contributed by atoms with E-state index in [0.29, 0.717) is 49.2 Å². The Morgan fingerprint density at radius 3 is 1.70 bits per heavy atom. The van der Waals surface area contributed by atoms with Gasteiger partial charge in [-0.2, -0.15) is 11.8 Å². The maximum absolute atomic E-state index is 14.3. The lowest BCUT2D eigenvalue weighted by Gasteiger charge is -2.27. The van der Waals surface area contributed by atoms with Gasteiger partial charge in [0.1, 0.15) is 48.0 Å². The van der Waals surface area contributed by atoms with Gasteiger partial charge in [0.25, 0.3) is 0 Å². The number of amides is 8. The molecule has 0 saturated carbocycles. The molecule has 3 rings (SSSR count). The normalized spacial score (nSPS) is 14.2. The van der Waals surface area contributed by atoms with Gasteiger partial charge >= 0.3 is 5.97 Å². The number of aliphatic hydroxyl groups excluding tert-OH is 1. The molecule has 1 aromatic heterocycles. The van der Waals surface area contributed by atoms with Crippen LogP contribution in [0.1, 0.15) is 75.6 Å². The highest BCUT2D eigenvalue weighted by Crippen LogP contribution is 2.14. The number of carbonyl (C=O) groups is 9. The smallest absolute Gasteiger partial charge is 0.326 e. The average molecular weight is 1100 g/mol. The number of aromatic hydroxyl groups is 1. The Balaban J connectivity index is 1.78. The highest BCUT2D eigenvalue weighted by atomic mass is 32.2. The molecule has 0 radical (unpaired) electrons. The van der Waals surface area contributed by atoms with E-state index in [0.717, 1.165) is 5.56 Å². The van der Waals surface area contributed by atoms with Crippen molar-refractivity contribution in [3.05, 3.63) is 83.9 Å². The van der Waals surface area contributed by atoms with Crippen LogP contribution >= 0.6 is 11.8 Å². The Kier molecular flexibility index (Phi) is 28.8. The second-order valence-corrected chi connectivity index (χ2v) is 19.7. The fourth-order valence-corrected chi connectivity index (χ4v) is 8.23. The number of carbonyl (C=O) groups excluding carboxylic acids is 8. The molecule has 0 aliphatic heterocycles. The molecule has 0 unspecified atom stereocenters. The van der Waals surface area contributed by atoms with Crippen LogP contribution in [-0.2, 0) is 62.4 Å². The zero-order chi connectivity index (χ0) is 56.9. The van der Waals surface area contributed by atoms with Crippen LogP contribution in [-0.4, -0.2) is 165 Å². The van der Waals surface area contributed by atoms with Gasteiger partial charge in [0, 0.05) is 24.7 Å². The molecule has 2 aromatic carbocycles. The highest BCUT2D eigenvalue weighted by Gasteiger charge is 2.34. The van der Waals surface area contributed by atoms with E-state index in [1.165, 1.54) is 48.6 Å². The molecule has 25 nitrogen and oxygen atoms in total. The zero-order valence-corrected chi connectivity index (χ0v) is 44.6. The number of H-pyrrole nitrogens is 1. The van der Waals surface area contributed by atoms with E-state index in [1.807, 2.05) is 6.07 Å². The van der Waals surface area contributed by atoms with Crippen LogP contribution in [0.15, 0.2) is 67.1 Å². The number of unbranched alkanes of at least 4 members (excludes halogenated alkanes) is 2. The van der Waals surface area contributed by atoms with E-state index in [1.54, 1.807) is 44.4 Å². The van der Waals surface area contributed by atoms with Gasteiger partial charge in [-0.05, 0) is 106 Å². The number of hydrogen-bond donors (Lipinski definition) is 15. The first-order valence-corrected chi connectivity index (χ1v) is 26.9. The molecule has 0 spiro atoms. The fourth-order valence-electron chi connectivity index (χ4n) is 7.76. The first-order valence-electron chi connectivity index (χ1n) is 25.5. The molecular formula is C51H77N13O12S. The van der Waals surface area contributed by atoms with E-state index < -0.39 is 121 Å². The molecule has 0 bridgehead atoms. The summed E-state index contributed by atoms with van der Waals surface area (Å²) in [5.74, 6) is -7.97. The minimum atomic E-state index is -1.56. The number of phenolic OH excluding ortho intramolecular Hbond substituents is 1. The number of nitrogens with zero attached hydrogens (tertiary/aromatic N) is 1. The number of aliphatic hydroxyl groups is 1. The molecule has 8 amide bonds. The molecule has 26 heteroatoms.